The Labute approximate surface area is 337 Å². The standard InChI is InChI=1S/C45H85O9P/c1-3-5-7-9-11-13-15-17-18-19-20-21-22-23-24-26-28-30-32-34-36-38-51-41-44(42-53-55(49,50)52-40-43(47)39-46)54-45(48)37-35-33-31-29-27-25-16-14-12-10-8-6-4-2/h6,8,12,14,25,27,43-44,46-47H,3-5,7,9-11,13,15-24,26,28-42H2,1-2H3,(H,49,50)/b8-6-,14-12-,27-25-. The summed E-state index contributed by atoms with van der Waals surface area (Å²) in [5.41, 5.74) is 0. The molecule has 0 bridgehead atoms. The van der Waals surface area contributed by atoms with Gasteiger partial charge in [-0.3, -0.25) is 13.8 Å². The first kappa shape index (κ1) is 53.7. The summed E-state index contributed by atoms with van der Waals surface area (Å²) in [6.07, 6.45) is 45.5. The molecule has 3 N–H and O–H groups in total. The van der Waals surface area contributed by atoms with Gasteiger partial charge in [-0.25, -0.2) is 4.57 Å². The number of aliphatic hydroxyl groups excluding tert-OH is 2. The van der Waals surface area contributed by atoms with Gasteiger partial charge in [-0.15, -0.1) is 0 Å². The molecule has 0 amide bonds. The molecule has 0 aliphatic carbocycles. The summed E-state index contributed by atoms with van der Waals surface area (Å²) < 4.78 is 33.3. The highest BCUT2D eigenvalue weighted by Gasteiger charge is 2.26. The first-order chi connectivity index (χ1) is 26.8. The number of ether oxygens (including phenoxy) is 2. The number of phosphoric acid groups is 1. The van der Waals surface area contributed by atoms with Crippen molar-refractivity contribution in [3.63, 3.8) is 0 Å². The zero-order chi connectivity index (χ0) is 40.3. The van der Waals surface area contributed by atoms with E-state index in [-0.39, 0.29) is 19.6 Å². The number of carbonyl (C=O) groups excluding carboxylic acids is 1. The number of hydrogen-bond donors (Lipinski definition) is 3. The highest BCUT2D eigenvalue weighted by atomic mass is 31.2. The Morgan fingerprint density at radius 1 is 0.582 bits per heavy atom. The maximum atomic E-state index is 12.6. The van der Waals surface area contributed by atoms with Crippen LogP contribution in [0.2, 0.25) is 0 Å². The van der Waals surface area contributed by atoms with Gasteiger partial charge in [0, 0.05) is 13.0 Å². The molecule has 0 aliphatic rings. The minimum Gasteiger partial charge on any atom is -0.457 e. The van der Waals surface area contributed by atoms with Crippen LogP contribution in [0.5, 0.6) is 0 Å². The zero-order valence-electron chi connectivity index (χ0n) is 35.4. The minimum absolute atomic E-state index is 0.0400. The highest BCUT2D eigenvalue weighted by molar-refractivity contribution is 7.47. The van der Waals surface area contributed by atoms with E-state index in [0.717, 1.165) is 57.8 Å². The third-order valence-corrected chi connectivity index (χ3v) is 10.5. The summed E-state index contributed by atoms with van der Waals surface area (Å²) in [7, 11) is -4.52. The van der Waals surface area contributed by atoms with Gasteiger partial charge in [-0.1, -0.05) is 185 Å². The van der Waals surface area contributed by atoms with Crippen molar-refractivity contribution >= 4 is 13.8 Å². The smallest absolute Gasteiger partial charge is 0.457 e. The van der Waals surface area contributed by atoms with Crippen molar-refractivity contribution in [3.05, 3.63) is 36.5 Å². The van der Waals surface area contributed by atoms with Crippen LogP contribution in [0.4, 0.5) is 0 Å². The fourth-order valence-corrected chi connectivity index (χ4v) is 6.98. The van der Waals surface area contributed by atoms with Crippen LogP contribution in [0.3, 0.4) is 0 Å². The van der Waals surface area contributed by atoms with Gasteiger partial charge in [0.25, 0.3) is 0 Å². The molecule has 0 rings (SSSR count). The van der Waals surface area contributed by atoms with Gasteiger partial charge < -0.3 is 24.6 Å². The Kier molecular flexibility index (Phi) is 41.3. The molecule has 0 aromatic rings. The Morgan fingerprint density at radius 2 is 1.04 bits per heavy atom. The average molecular weight is 801 g/mol. The maximum absolute atomic E-state index is 12.6. The molecule has 0 heterocycles. The van der Waals surface area contributed by atoms with Gasteiger partial charge in [-0.2, -0.15) is 0 Å². The van der Waals surface area contributed by atoms with Crippen LogP contribution in [0.25, 0.3) is 0 Å². The van der Waals surface area contributed by atoms with Crippen molar-refractivity contribution in [1.29, 1.82) is 0 Å². The number of carbonyl (C=O) groups is 1. The Hall–Kier alpha value is -1.32. The zero-order valence-corrected chi connectivity index (χ0v) is 36.3. The van der Waals surface area contributed by atoms with E-state index in [1.54, 1.807) is 0 Å². The Balaban J connectivity index is 4.09. The lowest BCUT2D eigenvalue weighted by molar-refractivity contribution is -0.154. The Morgan fingerprint density at radius 3 is 1.55 bits per heavy atom. The van der Waals surface area contributed by atoms with Crippen molar-refractivity contribution in [2.75, 3.05) is 33.0 Å². The molecule has 0 fully saturated rings. The summed E-state index contributed by atoms with van der Waals surface area (Å²) in [4.78, 5) is 22.5. The quantitative estimate of drug-likeness (QED) is 0.0239. The van der Waals surface area contributed by atoms with E-state index < -0.39 is 39.2 Å². The molecule has 3 unspecified atom stereocenters. The number of unbranched alkanes of at least 4 members (excludes halogenated alkanes) is 23. The molecule has 0 radical (unpaired) electrons. The monoisotopic (exact) mass is 801 g/mol. The highest BCUT2D eigenvalue weighted by Crippen LogP contribution is 2.43. The molecular weight excluding hydrogens is 715 g/mol. The fourth-order valence-electron chi connectivity index (χ4n) is 6.19. The fraction of sp³-hybridized carbons (Fsp3) is 0.844. The topological polar surface area (TPSA) is 132 Å². The van der Waals surface area contributed by atoms with Gasteiger partial charge in [0.1, 0.15) is 12.2 Å². The van der Waals surface area contributed by atoms with Gasteiger partial charge >= 0.3 is 13.8 Å². The van der Waals surface area contributed by atoms with Crippen LogP contribution in [-0.4, -0.2) is 66.3 Å². The average Bonchev–Trinajstić information content (AvgIpc) is 3.18. The molecule has 0 saturated carbocycles. The van der Waals surface area contributed by atoms with Crippen LogP contribution in [0, 0.1) is 0 Å². The number of allylic oxidation sites excluding steroid dienone is 6. The number of esters is 1. The first-order valence-electron chi connectivity index (χ1n) is 22.5. The van der Waals surface area contributed by atoms with Crippen molar-refractivity contribution in [2.45, 2.75) is 212 Å². The molecule has 0 saturated heterocycles. The molecule has 10 heteroatoms. The number of hydrogen-bond acceptors (Lipinski definition) is 8. The molecule has 0 spiro atoms. The van der Waals surface area contributed by atoms with Crippen LogP contribution in [-0.2, 0) is 27.9 Å². The molecule has 0 aromatic heterocycles. The number of phosphoric ester groups is 1. The summed E-state index contributed by atoms with van der Waals surface area (Å²) >= 11 is 0. The molecular formula is C45H85O9P. The first-order valence-corrected chi connectivity index (χ1v) is 24.0. The van der Waals surface area contributed by atoms with E-state index in [1.165, 1.54) is 116 Å². The van der Waals surface area contributed by atoms with Crippen molar-refractivity contribution < 1.29 is 43.0 Å². The lowest BCUT2D eigenvalue weighted by atomic mass is 10.0. The molecule has 3 atom stereocenters. The summed E-state index contributed by atoms with van der Waals surface area (Å²) in [6, 6.07) is 0. The summed E-state index contributed by atoms with van der Waals surface area (Å²) in [6.45, 7) is 3.39. The predicted octanol–water partition coefficient (Wildman–Crippen LogP) is 12.4. The number of rotatable bonds is 43. The molecule has 0 aromatic carbocycles. The summed E-state index contributed by atoms with van der Waals surface area (Å²) in [5, 5.41) is 18.3. The number of aliphatic hydroxyl groups is 2. The lowest BCUT2D eigenvalue weighted by Crippen LogP contribution is -2.29. The largest absolute Gasteiger partial charge is 0.472 e. The van der Waals surface area contributed by atoms with E-state index in [1.807, 2.05) is 0 Å². The minimum atomic E-state index is -4.52. The van der Waals surface area contributed by atoms with Crippen molar-refractivity contribution in [1.82, 2.24) is 0 Å². The van der Waals surface area contributed by atoms with E-state index in [4.69, 9.17) is 23.6 Å². The molecule has 324 valence electrons. The molecule has 55 heavy (non-hydrogen) atoms. The third kappa shape index (κ3) is 42.1. The van der Waals surface area contributed by atoms with Gasteiger partial charge in [0.05, 0.1) is 26.4 Å². The SMILES string of the molecule is CC/C=C\C/C=C\C/C=C\CCCCCC(=O)OC(COCCCCCCCCCCCCCCCCCCCCCCC)COP(=O)(O)OCC(O)CO. The van der Waals surface area contributed by atoms with Gasteiger partial charge in [0.15, 0.2) is 0 Å². The van der Waals surface area contributed by atoms with Crippen LogP contribution in [0.1, 0.15) is 200 Å². The van der Waals surface area contributed by atoms with Gasteiger partial charge in [0.2, 0.25) is 0 Å². The second-order valence-electron chi connectivity index (χ2n) is 15.0. The maximum Gasteiger partial charge on any atom is 0.472 e. The molecule has 9 nitrogen and oxygen atoms in total. The Bertz CT molecular complexity index is 955. The van der Waals surface area contributed by atoms with Crippen molar-refractivity contribution in [3.8, 4) is 0 Å². The molecule has 0 aliphatic heterocycles. The van der Waals surface area contributed by atoms with E-state index in [2.05, 4.69) is 50.3 Å². The normalized spacial score (nSPS) is 14.3. The second kappa shape index (κ2) is 42.3. The van der Waals surface area contributed by atoms with E-state index >= 15 is 0 Å². The summed E-state index contributed by atoms with van der Waals surface area (Å²) in [5.74, 6) is -0.409. The van der Waals surface area contributed by atoms with Crippen LogP contribution >= 0.6 is 7.82 Å². The van der Waals surface area contributed by atoms with E-state index in [0.29, 0.717) is 13.0 Å². The van der Waals surface area contributed by atoms with Crippen LogP contribution < -0.4 is 0 Å². The second-order valence-corrected chi connectivity index (χ2v) is 16.5. The van der Waals surface area contributed by atoms with E-state index in [9.17, 15) is 19.4 Å². The van der Waals surface area contributed by atoms with Crippen molar-refractivity contribution in [2.24, 2.45) is 0 Å². The lowest BCUT2D eigenvalue weighted by Gasteiger charge is -2.20. The predicted molar refractivity (Wildman–Crippen MR) is 228 cm³/mol. The third-order valence-electron chi connectivity index (χ3n) is 9.59. The van der Waals surface area contributed by atoms with Gasteiger partial charge in [-0.05, 0) is 44.9 Å². The van der Waals surface area contributed by atoms with Crippen LogP contribution in [0.15, 0.2) is 36.5 Å².